The molecule has 2 aromatic heterocycles. The van der Waals surface area contributed by atoms with Gasteiger partial charge in [-0.15, -0.1) is 0 Å². The molecule has 8 nitrogen and oxygen atoms in total. The lowest BCUT2D eigenvalue weighted by molar-refractivity contribution is -0.139. The van der Waals surface area contributed by atoms with Crippen LogP contribution in [0.15, 0.2) is 65.3 Å². The van der Waals surface area contributed by atoms with Crippen LogP contribution in [0.1, 0.15) is 45.3 Å². The van der Waals surface area contributed by atoms with Crippen molar-refractivity contribution in [3.8, 4) is 11.5 Å². The normalized spacial score (nSPS) is 11.7. The number of nitrogens with zero attached hydrogens (tertiary/aromatic N) is 2. The van der Waals surface area contributed by atoms with Crippen LogP contribution in [0.5, 0.6) is 0 Å². The molecule has 0 fully saturated rings. The summed E-state index contributed by atoms with van der Waals surface area (Å²) in [6, 6.07) is 13.5. The van der Waals surface area contributed by atoms with Crippen molar-refractivity contribution in [3.05, 3.63) is 99.5 Å². The Morgan fingerprint density at radius 1 is 1.08 bits per heavy atom. The molecule has 1 unspecified atom stereocenters. The van der Waals surface area contributed by atoms with E-state index in [0.717, 1.165) is 28.1 Å². The van der Waals surface area contributed by atoms with Crippen LogP contribution in [-0.2, 0) is 24.2 Å². The van der Waals surface area contributed by atoms with E-state index in [2.05, 4.69) is 20.6 Å². The van der Waals surface area contributed by atoms with Crippen LogP contribution in [0.25, 0.3) is 11.5 Å². The van der Waals surface area contributed by atoms with Gasteiger partial charge in [-0.05, 0) is 78.9 Å². The van der Waals surface area contributed by atoms with Gasteiger partial charge in [0.1, 0.15) is 17.6 Å². The van der Waals surface area contributed by atoms with E-state index in [9.17, 15) is 14.7 Å². The Morgan fingerprint density at radius 3 is 2.53 bits per heavy atom. The lowest BCUT2D eigenvalue weighted by atomic mass is 9.98. The number of rotatable bonds is 10. The molecular formula is C29H29ClN4O4. The number of anilines is 1. The number of benzene rings is 2. The van der Waals surface area contributed by atoms with Crippen molar-refractivity contribution in [2.75, 3.05) is 5.32 Å². The quantitative estimate of drug-likeness (QED) is 0.243. The summed E-state index contributed by atoms with van der Waals surface area (Å²) >= 11 is 6.13. The van der Waals surface area contributed by atoms with E-state index in [0.29, 0.717) is 40.8 Å². The Hall–Kier alpha value is -4.17. The molecule has 0 saturated heterocycles. The summed E-state index contributed by atoms with van der Waals surface area (Å²) in [5.74, 6) is 0.329. The molecule has 0 radical (unpaired) electrons. The first-order valence-corrected chi connectivity index (χ1v) is 12.6. The second kappa shape index (κ2) is 11.9. The zero-order chi connectivity index (χ0) is 27.2. The number of amides is 1. The molecule has 38 heavy (non-hydrogen) atoms. The number of carboxylic acids is 1. The minimum Gasteiger partial charge on any atom is -0.480 e. The van der Waals surface area contributed by atoms with Crippen molar-refractivity contribution in [2.45, 2.75) is 46.2 Å². The monoisotopic (exact) mass is 532 g/mol. The second-order valence-corrected chi connectivity index (χ2v) is 9.52. The van der Waals surface area contributed by atoms with Crippen molar-refractivity contribution in [1.29, 1.82) is 0 Å². The minimum absolute atomic E-state index is 0.125. The third kappa shape index (κ3) is 6.58. The van der Waals surface area contributed by atoms with E-state index < -0.39 is 17.9 Å². The van der Waals surface area contributed by atoms with Crippen LogP contribution < -0.4 is 10.6 Å². The summed E-state index contributed by atoms with van der Waals surface area (Å²) in [4.78, 5) is 33.6. The topological polar surface area (TPSA) is 117 Å². The van der Waals surface area contributed by atoms with Gasteiger partial charge in [-0.3, -0.25) is 4.79 Å². The fourth-order valence-corrected chi connectivity index (χ4v) is 4.49. The van der Waals surface area contributed by atoms with Gasteiger partial charge in [-0.2, -0.15) is 0 Å². The number of halogens is 1. The average molecular weight is 533 g/mol. The maximum absolute atomic E-state index is 13.0. The van der Waals surface area contributed by atoms with Gasteiger partial charge in [0.15, 0.2) is 0 Å². The minimum atomic E-state index is -1.11. The molecule has 0 aliphatic rings. The van der Waals surface area contributed by atoms with E-state index in [1.807, 2.05) is 38.1 Å². The molecule has 196 valence electrons. The molecule has 2 heterocycles. The zero-order valence-electron chi connectivity index (χ0n) is 21.4. The van der Waals surface area contributed by atoms with Crippen LogP contribution in [-0.4, -0.2) is 33.0 Å². The Bertz CT molecular complexity index is 1450. The highest BCUT2D eigenvalue weighted by Crippen LogP contribution is 2.23. The first-order chi connectivity index (χ1) is 18.2. The van der Waals surface area contributed by atoms with Crippen molar-refractivity contribution in [2.24, 2.45) is 0 Å². The van der Waals surface area contributed by atoms with Crippen LogP contribution in [0.4, 0.5) is 5.82 Å². The molecule has 0 aliphatic carbocycles. The second-order valence-electron chi connectivity index (χ2n) is 9.08. The van der Waals surface area contributed by atoms with Crippen molar-refractivity contribution in [3.63, 3.8) is 0 Å². The third-order valence-corrected chi connectivity index (χ3v) is 6.37. The number of carboxylic acid groups (broad SMARTS) is 1. The highest BCUT2D eigenvalue weighted by Gasteiger charge is 2.24. The molecular weight excluding hydrogens is 504 g/mol. The van der Waals surface area contributed by atoms with Gasteiger partial charge in [0.2, 0.25) is 5.89 Å². The molecule has 1 amide bonds. The average Bonchev–Trinajstić information content (AvgIpc) is 3.36. The van der Waals surface area contributed by atoms with E-state index >= 15 is 0 Å². The van der Waals surface area contributed by atoms with E-state index in [4.69, 9.17) is 16.0 Å². The fraction of sp³-hybridized carbons (Fsp3) is 0.241. The highest BCUT2D eigenvalue weighted by atomic mass is 35.5. The van der Waals surface area contributed by atoms with Gasteiger partial charge in [0.05, 0.1) is 12.7 Å². The molecule has 0 bridgehead atoms. The van der Waals surface area contributed by atoms with Crippen molar-refractivity contribution < 1.29 is 19.1 Å². The Morgan fingerprint density at radius 2 is 1.84 bits per heavy atom. The summed E-state index contributed by atoms with van der Waals surface area (Å²) < 4.78 is 5.86. The standard InChI is InChI=1S/C29H29ClN4O4/c1-4-20-14-22(30)12-18(3)26(20)27(35)34-24(29(36)37)13-19-5-7-21(8-6-19)28-33-16-23(38-28)15-32-25-11-17(2)9-10-31-25/h5-12,14,16,24H,4,13,15H2,1-3H3,(H,31,32)(H,34,35)(H,36,37). The Labute approximate surface area is 226 Å². The number of aryl methyl sites for hydroxylation is 3. The van der Waals surface area contributed by atoms with Crippen LogP contribution >= 0.6 is 11.6 Å². The summed E-state index contributed by atoms with van der Waals surface area (Å²) in [6.07, 6.45) is 4.13. The van der Waals surface area contributed by atoms with E-state index in [1.165, 1.54) is 0 Å². The number of hydrogen-bond donors (Lipinski definition) is 3. The first kappa shape index (κ1) is 26.9. The number of oxazole rings is 1. The summed E-state index contributed by atoms with van der Waals surface area (Å²) in [5.41, 5.74) is 4.56. The van der Waals surface area contributed by atoms with Crippen molar-refractivity contribution in [1.82, 2.24) is 15.3 Å². The predicted octanol–water partition coefficient (Wildman–Crippen LogP) is 5.61. The highest BCUT2D eigenvalue weighted by molar-refractivity contribution is 6.30. The third-order valence-electron chi connectivity index (χ3n) is 6.15. The summed E-state index contributed by atoms with van der Waals surface area (Å²) in [7, 11) is 0. The lowest BCUT2D eigenvalue weighted by Crippen LogP contribution is -2.42. The fourth-order valence-electron chi connectivity index (χ4n) is 4.20. The predicted molar refractivity (Wildman–Crippen MR) is 146 cm³/mol. The molecule has 9 heteroatoms. The van der Waals surface area contributed by atoms with Crippen LogP contribution in [0.3, 0.4) is 0 Å². The molecule has 0 saturated carbocycles. The van der Waals surface area contributed by atoms with Gasteiger partial charge in [-0.25, -0.2) is 14.8 Å². The molecule has 4 aromatic rings. The van der Waals surface area contributed by atoms with Crippen LogP contribution in [0.2, 0.25) is 5.02 Å². The SMILES string of the molecule is CCc1cc(Cl)cc(C)c1C(=O)NC(Cc1ccc(-c2ncc(CNc3cc(C)ccn3)o2)cc1)C(=O)O. The number of nitrogens with one attached hydrogen (secondary N) is 2. The van der Waals surface area contributed by atoms with Crippen LogP contribution in [0, 0.1) is 13.8 Å². The number of carbonyl (C=O) groups is 2. The Kier molecular flexibility index (Phi) is 8.43. The number of hydrogen-bond acceptors (Lipinski definition) is 6. The smallest absolute Gasteiger partial charge is 0.326 e. The first-order valence-electron chi connectivity index (χ1n) is 12.3. The van der Waals surface area contributed by atoms with Gasteiger partial charge in [0.25, 0.3) is 5.91 Å². The Balaban J connectivity index is 1.41. The number of pyridine rings is 1. The van der Waals surface area contributed by atoms with Gasteiger partial charge in [0, 0.05) is 28.8 Å². The maximum Gasteiger partial charge on any atom is 0.326 e. The molecule has 3 N–H and O–H groups in total. The van der Waals surface area contributed by atoms with Gasteiger partial charge < -0.3 is 20.2 Å². The van der Waals surface area contributed by atoms with Gasteiger partial charge >= 0.3 is 5.97 Å². The largest absolute Gasteiger partial charge is 0.480 e. The molecule has 0 aliphatic heterocycles. The molecule has 1 atom stereocenters. The summed E-state index contributed by atoms with van der Waals surface area (Å²) in [5, 5.41) is 16.2. The van der Waals surface area contributed by atoms with E-state index in [-0.39, 0.29) is 6.42 Å². The number of aromatic nitrogens is 2. The lowest BCUT2D eigenvalue weighted by Gasteiger charge is -2.18. The van der Waals surface area contributed by atoms with Gasteiger partial charge in [-0.1, -0.05) is 30.7 Å². The number of aliphatic carboxylic acids is 1. The maximum atomic E-state index is 13.0. The zero-order valence-corrected chi connectivity index (χ0v) is 22.2. The van der Waals surface area contributed by atoms with Crippen molar-refractivity contribution >= 4 is 29.3 Å². The molecule has 2 aromatic carbocycles. The van der Waals surface area contributed by atoms with E-state index in [1.54, 1.807) is 43.6 Å². The molecule has 4 rings (SSSR count). The molecule has 0 spiro atoms. The summed E-state index contributed by atoms with van der Waals surface area (Å²) in [6.45, 7) is 6.15. The number of carbonyl (C=O) groups excluding carboxylic acids is 1.